The Morgan fingerprint density at radius 3 is 1.05 bits per heavy atom. The third-order valence-corrected chi connectivity index (χ3v) is 15.4. The molecule has 0 spiro atoms. The van der Waals surface area contributed by atoms with Gasteiger partial charge in [0.15, 0.2) is 0 Å². The second-order valence-electron chi connectivity index (χ2n) is 22.8. The Hall–Kier alpha value is -1.92. The molecule has 6 heteroatoms. The zero-order chi connectivity index (χ0) is 53.6. The number of aliphatic hydroxyl groups excluding tert-OH is 2. The summed E-state index contributed by atoms with van der Waals surface area (Å²) < 4.78 is 5.49. The maximum atomic E-state index is 12.5. The van der Waals surface area contributed by atoms with Gasteiger partial charge in [0.25, 0.3) is 0 Å². The first-order valence-corrected chi connectivity index (χ1v) is 33.3. The summed E-state index contributed by atoms with van der Waals surface area (Å²) in [6.07, 6.45) is 80.5. The third-order valence-electron chi connectivity index (χ3n) is 15.4. The highest BCUT2D eigenvalue weighted by Crippen LogP contribution is 2.18. The molecule has 1 amide bonds. The lowest BCUT2D eigenvalue weighted by Crippen LogP contribution is -2.45. The Labute approximate surface area is 462 Å². The van der Waals surface area contributed by atoms with Crippen LogP contribution in [0.25, 0.3) is 0 Å². The quantitative estimate of drug-likeness (QED) is 0.0320. The van der Waals surface area contributed by atoms with Crippen LogP contribution < -0.4 is 5.32 Å². The number of allylic oxidation sites excluding steroid dienone is 5. The number of carbonyl (C=O) groups excluding carboxylic acids is 2. The number of esters is 1. The molecular formula is C68H129NO5. The van der Waals surface area contributed by atoms with Crippen molar-refractivity contribution >= 4 is 11.9 Å². The summed E-state index contributed by atoms with van der Waals surface area (Å²) in [5, 5.41) is 23.3. The Kier molecular flexibility index (Phi) is 62.0. The van der Waals surface area contributed by atoms with Crippen molar-refractivity contribution in [1.29, 1.82) is 0 Å². The van der Waals surface area contributed by atoms with Crippen LogP contribution in [-0.2, 0) is 14.3 Å². The molecular weight excluding hydrogens is 911 g/mol. The van der Waals surface area contributed by atoms with E-state index in [0.29, 0.717) is 19.4 Å². The van der Waals surface area contributed by atoms with E-state index in [2.05, 4.69) is 43.5 Å². The highest BCUT2D eigenvalue weighted by molar-refractivity contribution is 5.76. The molecule has 0 aromatic rings. The number of carbonyl (C=O) groups is 2. The van der Waals surface area contributed by atoms with E-state index in [4.69, 9.17) is 4.74 Å². The van der Waals surface area contributed by atoms with Gasteiger partial charge in [-0.2, -0.15) is 0 Å². The molecule has 0 saturated carbocycles. The summed E-state index contributed by atoms with van der Waals surface area (Å²) in [4.78, 5) is 24.6. The SMILES string of the molecule is CCCCC/C=C\C/C=C\CCCCCCCCCC(=O)OCCCCCCCCCCCCCCCCCC(=O)NC(CO)C(O)/C=C/CCCCCCCCCCCCCCCCCCCCCCCCC. The average molecular weight is 1040 g/mol. The fourth-order valence-corrected chi connectivity index (χ4v) is 10.3. The standard InChI is InChI=1S/C68H129NO5/c1-3-5-7-9-11-13-15-17-19-21-22-23-24-25-26-27-28-30-32-36-40-44-48-52-56-60-66(71)65(64-70)69-67(72)61-57-53-49-45-41-37-33-31-35-39-43-47-51-55-59-63-74-68(73)62-58-54-50-46-42-38-34-29-20-18-16-14-12-10-8-6-4-2/h12,14,18,20,56,60,65-66,70-71H,3-11,13,15-17,19,21-55,57-59,61-64H2,1-2H3,(H,69,72)/b14-12-,20-18-,60-56+. The summed E-state index contributed by atoms with van der Waals surface area (Å²) in [7, 11) is 0. The zero-order valence-electron chi connectivity index (χ0n) is 49.8. The third kappa shape index (κ3) is 59.3. The van der Waals surface area contributed by atoms with Crippen LogP contribution in [0.1, 0.15) is 361 Å². The minimum absolute atomic E-state index is 0.00746. The van der Waals surface area contributed by atoms with Crippen LogP contribution in [0.5, 0.6) is 0 Å². The van der Waals surface area contributed by atoms with E-state index in [1.54, 1.807) is 6.08 Å². The highest BCUT2D eigenvalue weighted by Gasteiger charge is 2.18. The lowest BCUT2D eigenvalue weighted by atomic mass is 10.0. The van der Waals surface area contributed by atoms with Gasteiger partial charge in [-0.25, -0.2) is 0 Å². The number of amides is 1. The summed E-state index contributed by atoms with van der Waals surface area (Å²) >= 11 is 0. The van der Waals surface area contributed by atoms with Crippen molar-refractivity contribution in [2.45, 2.75) is 373 Å². The number of aliphatic hydroxyl groups is 2. The van der Waals surface area contributed by atoms with Gasteiger partial charge in [0, 0.05) is 12.8 Å². The van der Waals surface area contributed by atoms with Gasteiger partial charge >= 0.3 is 5.97 Å². The minimum Gasteiger partial charge on any atom is -0.466 e. The van der Waals surface area contributed by atoms with Crippen LogP contribution >= 0.6 is 0 Å². The molecule has 74 heavy (non-hydrogen) atoms. The molecule has 0 rings (SSSR count). The number of rotatable bonds is 62. The van der Waals surface area contributed by atoms with Crippen molar-refractivity contribution in [3.05, 3.63) is 36.5 Å². The zero-order valence-corrected chi connectivity index (χ0v) is 49.8. The van der Waals surface area contributed by atoms with Gasteiger partial charge < -0.3 is 20.3 Å². The molecule has 0 aliphatic heterocycles. The van der Waals surface area contributed by atoms with Gasteiger partial charge in [-0.3, -0.25) is 9.59 Å². The minimum atomic E-state index is -0.853. The maximum Gasteiger partial charge on any atom is 0.305 e. The summed E-state index contributed by atoms with van der Waals surface area (Å²) in [5.41, 5.74) is 0. The van der Waals surface area contributed by atoms with Crippen molar-refractivity contribution < 1.29 is 24.5 Å². The highest BCUT2D eigenvalue weighted by atomic mass is 16.5. The normalized spacial score (nSPS) is 12.8. The first-order valence-electron chi connectivity index (χ1n) is 33.3. The largest absolute Gasteiger partial charge is 0.466 e. The van der Waals surface area contributed by atoms with E-state index in [0.717, 1.165) is 64.2 Å². The Morgan fingerprint density at radius 1 is 0.378 bits per heavy atom. The molecule has 6 nitrogen and oxygen atoms in total. The number of nitrogens with one attached hydrogen (secondary N) is 1. The predicted molar refractivity (Wildman–Crippen MR) is 324 cm³/mol. The van der Waals surface area contributed by atoms with E-state index >= 15 is 0 Å². The lowest BCUT2D eigenvalue weighted by Gasteiger charge is -2.20. The molecule has 2 unspecified atom stereocenters. The molecule has 0 bridgehead atoms. The summed E-state index contributed by atoms with van der Waals surface area (Å²) in [6.45, 7) is 4.89. The van der Waals surface area contributed by atoms with Crippen molar-refractivity contribution in [2.24, 2.45) is 0 Å². The molecule has 2 atom stereocenters. The second-order valence-corrected chi connectivity index (χ2v) is 22.8. The maximum absolute atomic E-state index is 12.5. The number of ether oxygens (including phenoxy) is 1. The number of hydrogen-bond acceptors (Lipinski definition) is 5. The molecule has 436 valence electrons. The molecule has 0 aliphatic carbocycles. The van der Waals surface area contributed by atoms with E-state index in [1.165, 1.54) is 270 Å². The van der Waals surface area contributed by atoms with Crippen molar-refractivity contribution in [3.8, 4) is 0 Å². The van der Waals surface area contributed by atoms with Gasteiger partial charge in [0.1, 0.15) is 0 Å². The van der Waals surface area contributed by atoms with Gasteiger partial charge in [-0.1, -0.05) is 320 Å². The van der Waals surface area contributed by atoms with Crippen molar-refractivity contribution in [1.82, 2.24) is 5.32 Å². The summed E-state index contributed by atoms with van der Waals surface area (Å²) in [5.74, 6) is -0.0807. The predicted octanol–water partition coefficient (Wildman–Crippen LogP) is 21.1. The first-order chi connectivity index (χ1) is 36.5. The molecule has 0 heterocycles. The molecule has 3 N–H and O–H groups in total. The van der Waals surface area contributed by atoms with Gasteiger partial charge in [0.2, 0.25) is 5.91 Å². The fourth-order valence-electron chi connectivity index (χ4n) is 10.3. The topological polar surface area (TPSA) is 95.9 Å². The van der Waals surface area contributed by atoms with E-state index in [1.807, 2.05) is 6.08 Å². The van der Waals surface area contributed by atoms with E-state index in [-0.39, 0.29) is 18.5 Å². The number of hydrogen-bond donors (Lipinski definition) is 3. The van der Waals surface area contributed by atoms with Crippen LogP contribution in [0.4, 0.5) is 0 Å². The second kappa shape index (κ2) is 63.6. The molecule has 0 radical (unpaired) electrons. The molecule has 0 saturated heterocycles. The van der Waals surface area contributed by atoms with Gasteiger partial charge in [-0.15, -0.1) is 0 Å². The Balaban J connectivity index is 3.46. The Morgan fingerprint density at radius 2 is 0.676 bits per heavy atom. The molecule has 0 aliphatic rings. The van der Waals surface area contributed by atoms with Gasteiger partial charge in [-0.05, 0) is 64.2 Å². The molecule has 0 aromatic heterocycles. The number of unbranched alkanes of at least 4 members (excludes halogenated alkanes) is 47. The molecule has 0 aromatic carbocycles. The van der Waals surface area contributed by atoms with Crippen LogP contribution in [-0.4, -0.2) is 47.4 Å². The monoisotopic (exact) mass is 1040 g/mol. The van der Waals surface area contributed by atoms with Gasteiger partial charge in [0.05, 0.1) is 25.4 Å². The lowest BCUT2D eigenvalue weighted by molar-refractivity contribution is -0.143. The van der Waals surface area contributed by atoms with Crippen molar-refractivity contribution in [3.63, 3.8) is 0 Å². The van der Waals surface area contributed by atoms with Crippen LogP contribution in [0.3, 0.4) is 0 Å². The van der Waals surface area contributed by atoms with Crippen LogP contribution in [0, 0.1) is 0 Å². The van der Waals surface area contributed by atoms with E-state index < -0.39 is 12.1 Å². The van der Waals surface area contributed by atoms with Crippen molar-refractivity contribution in [2.75, 3.05) is 13.2 Å². The van der Waals surface area contributed by atoms with E-state index in [9.17, 15) is 19.8 Å². The first kappa shape index (κ1) is 72.1. The average Bonchev–Trinajstić information content (AvgIpc) is 3.40. The fraction of sp³-hybridized carbons (Fsp3) is 0.882. The van der Waals surface area contributed by atoms with Crippen LogP contribution in [0.2, 0.25) is 0 Å². The smallest absolute Gasteiger partial charge is 0.305 e. The molecule has 0 fully saturated rings. The Bertz CT molecular complexity index is 1200. The summed E-state index contributed by atoms with van der Waals surface area (Å²) in [6, 6.07) is -0.637. The van der Waals surface area contributed by atoms with Crippen LogP contribution in [0.15, 0.2) is 36.5 Å².